The van der Waals surface area contributed by atoms with Gasteiger partial charge in [0.2, 0.25) is 0 Å². The van der Waals surface area contributed by atoms with Crippen molar-refractivity contribution >= 4 is 61.7 Å². The Morgan fingerprint density at radius 2 is 0.825 bits per heavy atom. The second kappa shape index (κ2) is 17.8. The second-order valence-corrected chi connectivity index (χ2v) is 53.4. The molecule has 0 heterocycles. The van der Waals surface area contributed by atoms with Crippen LogP contribution in [0.1, 0.15) is 79.5 Å². The molecule has 0 saturated carbocycles. The number of fused-ring (bicyclic) bond motifs is 2. The van der Waals surface area contributed by atoms with Crippen molar-refractivity contribution < 1.29 is 16.2 Å². The van der Waals surface area contributed by atoms with Crippen LogP contribution < -0.4 is 0 Å². The summed E-state index contributed by atoms with van der Waals surface area (Å²) in [6.45, 7) is 24.3. The van der Waals surface area contributed by atoms with Gasteiger partial charge in [-0.25, -0.2) is 0 Å². The molecule has 2 atom stereocenters. The van der Waals surface area contributed by atoms with E-state index in [-0.39, 0.29) is 7.25 Å². The summed E-state index contributed by atoms with van der Waals surface area (Å²) in [5.41, 5.74) is 18.0. The Morgan fingerprint density at radius 3 is 1.19 bits per heavy atom. The Hall–Kier alpha value is -3.28. The SMILES string of the molecule is CC(C)Cc1ccccc1-c1cccc2c1C=C(c1ccccc1)[CH]2[Zr]([Cl])([Cl])([BH]N([Si](C)(C)C)[Si](C)(C)C)[CH]1C(c2ccccc2)=Cc2c(-c3ccccc3CC(C)C)cccc21. The molecule has 2 unspecified atom stereocenters. The molecular weight excluding hydrogens is 916 g/mol. The van der Waals surface area contributed by atoms with Crippen LogP contribution in [0.3, 0.4) is 0 Å². The Morgan fingerprint density at radius 1 is 0.476 bits per heavy atom. The van der Waals surface area contributed by atoms with E-state index in [1.807, 2.05) is 0 Å². The van der Waals surface area contributed by atoms with Crippen LogP contribution in [0.2, 0.25) is 39.3 Å². The van der Waals surface area contributed by atoms with Crippen LogP contribution in [0.15, 0.2) is 146 Å². The van der Waals surface area contributed by atoms with Crippen LogP contribution in [0, 0.1) is 11.8 Å². The van der Waals surface area contributed by atoms with Crippen LogP contribution in [0.4, 0.5) is 0 Å². The zero-order valence-electron chi connectivity index (χ0n) is 39.1. The number of rotatable bonds is 14. The zero-order chi connectivity index (χ0) is 44.9. The summed E-state index contributed by atoms with van der Waals surface area (Å²) >= 11 is -5.67. The first kappa shape index (κ1) is 46.3. The van der Waals surface area contributed by atoms with Crippen molar-refractivity contribution in [1.82, 2.24) is 4.14 Å². The molecule has 6 aromatic carbocycles. The predicted molar refractivity (Wildman–Crippen MR) is 282 cm³/mol. The van der Waals surface area contributed by atoms with Crippen LogP contribution in [0.5, 0.6) is 0 Å². The summed E-state index contributed by atoms with van der Waals surface area (Å²) in [5.74, 6) is 1.07. The van der Waals surface area contributed by atoms with Crippen molar-refractivity contribution in [3.63, 3.8) is 0 Å². The summed E-state index contributed by atoms with van der Waals surface area (Å²) in [6.07, 6.45) is 7.04. The number of hydrogen-bond acceptors (Lipinski definition) is 1. The van der Waals surface area contributed by atoms with Crippen molar-refractivity contribution in [1.29, 1.82) is 0 Å². The standard InChI is InChI=1S/2C25H23.C6H19BNSi2.2ClH.Zr/c2*1-18(2)15-20-11-6-7-13-23(20)24-14-8-12-21-16-22(17-25(21)24)19-9-4-3-5-10-19;1-9(2,3)8(7)10(4,5)6;;;/h2*3-14,16-18H,15H2,1-2H3;7H,1-6H3;2*1H;/q;;+1;;;+1/p-2. The minimum atomic E-state index is -5.67. The van der Waals surface area contributed by atoms with Crippen LogP contribution >= 0.6 is 17.0 Å². The third-order valence-electron chi connectivity index (χ3n) is 13.5. The fourth-order valence-corrected chi connectivity index (χ4v) is 52.5. The fraction of sp³-hybridized carbons (Fsp3) is 0.286. The van der Waals surface area contributed by atoms with Gasteiger partial charge in [-0.2, -0.15) is 0 Å². The normalized spacial score (nSPS) is 17.0. The van der Waals surface area contributed by atoms with Gasteiger partial charge in [-0.05, 0) is 0 Å². The first-order valence-corrected chi connectivity index (χ1v) is 41.0. The van der Waals surface area contributed by atoms with E-state index in [4.69, 9.17) is 0 Å². The van der Waals surface area contributed by atoms with Crippen LogP contribution in [-0.2, 0) is 29.0 Å². The molecule has 0 radical (unpaired) electrons. The number of allylic oxidation sites excluding steroid dienone is 2. The molecule has 7 heteroatoms. The summed E-state index contributed by atoms with van der Waals surface area (Å²) in [6, 6.07) is 54.2. The molecule has 6 aromatic rings. The van der Waals surface area contributed by atoms with Gasteiger partial charge < -0.3 is 0 Å². The maximum atomic E-state index is 9.45. The topological polar surface area (TPSA) is 3.24 Å². The molecular formula is C56H65BCl2NSi2Zr. The molecule has 1 nitrogen and oxygen atoms in total. The Bertz CT molecular complexity index is 2510. The van der Waals surface area contributed by atoms with Crippen LogP contribution in [-0.4, -0.2) is 25.6 Å². The van der Waals surface area contributed by atoms with Gasteiger partial charge in [-0.1, -0.05) is 0 Å². The number of nitrogens with zero attached hydrogens (tertiary/aromatic N) is 1. The molecule has 8 rings (SSSR count). The molecule has 2 aliphatic carbocycles. The van der Waals surface area contributed by atoms with Crippen LogP contribution in [0.25, 0.3) is 45.6 Å². The fourth-order valence-electron chi connectivity index (χ4n) is 11.2. The third-order valence-corrected chi connectivity index (χ3v) is 40.3. The molecule has 0 aromatic heterocycles. The van der Waals surface area contributed by atoms with Crippen molar-refractivity contribution in [3.8, 4) is 22.3 Å². The number of benzene rings is 6. The first-order chi connectivity index (χ1) is 29.9. The average molecular weight is 981 g/mol. The molecule has 0 spiro atoms. The van der Waals surface area contributed by atoms with Gasteiger partial charge in [0.15, 0.2) is 0 Å². The van der Waals surface area contributed by atoms with E-state index in [1.54, 1.807) is 0 Å². The second-order valence-electron chi connectivity index (χ2n) is 21.2. The minimum absolute atomic E-state index is 0.181. The Balaban J connectivity index is 1.48. The van der Waals surface area contributed by atoms with E-state index in [1.165, 1.54) is 77.9 Å². The van der Waals surface area contributed by atoms with Crippen molar-refractivity contribution in [3.05, 3.63) is 190 Å². The molecule has 63 heavy (non-hydrogen) atoms. The molecule has 0 amide bonds. The maximum absolute atomic E-state index is 9.45. The van der Waals surface area contributed by atoms with E-state index < -0.39 is 32.6 Å². The molecule has 0 aliphatic heterocycles. The predicted octanol–water partition coefficient (Wildman–Crippen LogP) is 16.5. The van der Waals surface area contributed by atoms with E-state index >= 15 is 0 Å². The molecule has 0 N–H and O–H groups in total. The molecule has 2 aliphatic rings. The third kappa shape index (κ3) is 9.02. The average Bonchev–Trinajstić information content (AvgIpc) is 3.85. The first-order valence-electron chi connectivity index (χ1n) is 23.2. The van der Waals surface area contributed by atoms with Gasteiger partial charge in [0.1, 0.15) is 0 Å². The summed E-state index contributed by atoms with van der Waals surface area (Å²) in [5, 5.41) is 0. The monoisotopic (exact) mass is 978 g/mol. The van der Waals surface area contributed by atoms with Gasteiger partial charge in [0, 0.05) is 0 Å². The summed E-state index contributed by atoms with van der Waals surface area (Å²) < 4.78 is 2.56. The number of hydrogen-bond donors (Lipinski definition) is 0. The van der Waals surface area contributed by atoms with Gasteiger partial charge >= 0.3 is 393 Å². The number of halogens is 2. The Kier molecular flexibility index (Phi) is 13.1. The van der Waals surface area contributed by atoms with Crippen molar-refractivity contribution in [2.24, 2.45) is 11.8 Å². The molecule has 0 saturated heterocycles. The Labute approximate surface area is 390 Å². The van der Waals surface area contributed by atoms with Gasteiger partial charge in [-0.15, -0.1) is 0 Å². The summed E-state index contributed by atoms with van der Waals surface area (Å²) in [7, 11) is 14.9. The van der Waals surface area contributed by atoms with E-state index in [9.17, 15) is 17.0 Å². The molecule has 323 valence electrons. The van der Waals surface area contributed by atoms with Gasteiger partial charge in [-0.3, -0.25) is 0 Å². The van der Waals surface area contributed by atoms with Crippen molar-refractivity contribution in [2.75, 3.05) is 0 Å². The van der Waals surface area contributed by atoms with E-state index in [0.29, 0.717) is 11.8 Å². The zero-order valence-corrected chi connectivity index (χ0v) is 45.1. The summed E-state index contributed by atoms with van der Waals surface area (Å²) in [4.78, 5) is 0.723. The van der Waals surface area contributed by atoms with E-state index in [0.717, 1.165) is 17.8 Å². The van der Waals surface area contributed by atoms with Crippen molar-refractivity contribution in [2.45, 2.75) is 87.1 Å². The van der Waals surface area contributed by atoms with E-state index in [2.05, 4.69) is 229 Å². The van der Waals surface area contributed by atoms with Gasteiger partial charge in [0.05, 0.1) is 0 Å². The van der Waals surface area contributed by atoms with Gasteiger partial charge in [0.25, 0.3) is 0 Å². The molecule has 0 bridgehead atoms. The molecule has 0 fully saturated rings. The quantitative estimate of drug-likeness (QED) is 0.0983.